The molecule has 0 unspecified atom stereocenters. The molecule has 0 fully saturated rings. The minimum atomic E-state index is -3.51. The number of aryl methyl sites for hydroxylation is 2. The monoisotopic (exact) mass is 390 g/mol. The van der Waals surface area contributed by atoms with Gasteiger partial charge in [0.2, 0.25) is 15.9 Å². The summed E-state index contributed by atoms with van der Waals surface area (Å²) < 4.78 is 30.9. The van der Waals surface area contributed by atoms with Crippen LogP contribution in [-0.2, 0) is 14.8 Å². The van der Waals surface area contributed by atoms with Gasteiger partial charge < -0.3 is 10.1 Å². The first-order chi connectivity index (χ1) is 12.7. The average molecular weight is 391 g/mol. The molecule has 0 atom stereocenters. The number of hydrogen-bond acceptors (Lipinski definition) is 4. The smallest absolute Gasteiger partial charge is 0.232 e. The van der Waals surface area contributed by atoms with Crippen LogP contribution in [0.1, 0.15) is 24.5 Å². The summed E-state index contributed by atoms with van der Waals surface area (Å²) >= 11 is 0. The van der Waals surface area contributed by atoms with Crippen LogP contribution in [0.3, 0.4) is 0 Å². The molecule has 7 heteroatoms. The van der Waals surface area contributed by atoms with Crippen molar-refractivity contribution in [1.29, 1.82) is 0 Å². The number of carbonyl (C=O) groups is 1. The first kappa shape index (κ1) is 20.8. The highest BCUT2D eigenvalue weighted by atomic mass is 32.2. The Labute approximate surface area is 161 Å². The second kappa shape index (κ2) is 8.90. The lowest BCUT2D eigenvalue weighted by molar-refractivity contribution is -0.116. The van der Waals surface area contributed by atoms with E-state index in [0.717, 1.165) is 17.4 Å². The van der Waals surface area contributed by atoms with Crippen LogP contribution in [0.15, 0.2) is 42.5 Å². The van der Waals surface area contributed by atoms with E-state index < -0.39 is 10.0 Å². The molecule has 27 heavy (non-hydrogen) atoms. The number of nitrogens with zero attached hydrogens (tertiary/aromatic N) is 1. The molecule has 0 aliphatic carbocycles. The van der Waals surface area contributed by atoms with E-state index in [1.807, 2.05) is 39.0 Å². The third kappa shape index (κ3) is 6.29. The quantitative estimate of drug-likeness (QED) is 0.749. The Bertz CT molecular complexity index is 872. The molecule has 2 rings (SSSR count). The molecular weight excluding hydrogens is 364 g/mol. The summed E-state index contributed by atoms with van der Waals surface area (Å²) in [5, 5.41) is 2.83. The third-order valence-corrected chi connectivity index (χ3v) is 5.08. The van der Waals surface area contributed by atoms with Crippen LogP contribution in [0, 0.1) is 13.8 Å². The van der Waals surface area contributed by atoms with E-state index in [1.165, 1.54) is 4.31 Å². The van der Waals surface area contributed by atoms with Crippen molar-refractivity contribution in [3.05, 3.63) is 53.6 Å². The van der Waals surface area contributed by atoms with E-state index in [0.29, 0.717) is 23.7 Å². The van der Waals surface area contributed by atoms with E-state index in [9.17, 15) is 13.2 Å². The highest BCUT2D eigenvalue weighted by molar-refractivity contribution is 7.92. The van der Waals surface area contributed by atoms with Gasteiger partial charge in [-0.25, -0.2) is 8.42 Å². The van der Waals surface area contributed by atoms with Crippen molar-refractivity contribution in [2.45, 2.75) is 27.2 Å². The second-order valence-electron chi connectivity index (χ2n) is 6.44. The minimum absolute atomic E-state index is 0.0489. The molecule has 0 spiro atoms. The fourth-order valence-corrected chi connectivity index (χ4v) is 3.76. The van der Waals surface area contributed by atoms with Crippen LogP contribution < -0.4 is 14.4 Å². The Balaban J connectivity index is 2.07. The second-order valence-corrected chi connectivity index (χ2v) is 8.34. The number of carbonyl (C=O) groups excluding carboxylic acids is 1. The molecule has 1 N–H and O–H groups in total. The molecule has 0 aliphatic heterocycles. The van der Waals surface area contributed by atoms with Crippen molar-refractivity contribution in [2.75, 3.05) is 29.0 Å². The van der Waals surface area contributed by atoms with Gasteiger partial charge in [-0.3, -0.25) is 9.10 Å². The minimum Gasteiger partial charge on any atom is -0.494 e. The summed E-state index contributed by atoms with van der Waals surface area (Å²) in [6.07, 6.45) is 1.18. The van der Waals surface area contributed by atoms with Crippen LogP contribution in [0.5, 0.6) is 5.75 Å². The zero-order chi connectivity index (χ0) is 20.0. The fourth-order valence-electron chi connectivity index (χ4n) is 2.84. The molecule has 0 saturated carbocycles. The lowest BCUT2D eigenvalue weighted by Crippen LogP contribution is -2.33. The number of anilines is 2. The molecular formula is C20H26N2O4S. The van der Waals surface area contributed by atoms with Gasteiger partial charge in [0, 0.05) is 18.7 Å². The van der Waals surface area contributed by atoms with E-state index in [2.05, 4.69) is 5.32 Å². The Morgan fingerprint density at radius 3 is 2.19 bits per heavy atom. The van der Waals surface area contributed by atoms with Gasteiger partial charge in [-0.2, -0.15) is 0 Å². The first-order valence-electron chi connectivity index (χ1n) is 8.77. The number of rotatable bonds is 8. The third-order valence-electron chi connectivity index (χ3n) is 3.88. The lowest BCUT2D eigenvalue weighted by Gasteiger charge is -2.22. The van der Waals surface area contributed by atoms with Gasteiger partial charge in [0.25, 0.3) is 0 Å². The normalized spacial score (nSPS) is 11.1. The molecule has 2 aromatic rings. The van der Waals surface area contributed by atoms with E-state index in [1.54, 1.807) is 24.3 Å². The fraction of sp³-hybridized carbons (Fsp3) is 0.350. The number of nitrogens with one attached hydrogen (secondary N) is 1. The summed E-state index contributed by atoms with van der Waals surface area (Å²) in [5.74, 6) is 0.432. The number of ether oxygens (including phenoxy) is 1. The first-order valence-corrected chi connectivity index (χ1v) is 10.6. The largest absolute Gasteiger partial charge is 0.494 e. The molecule has 6 nitrogen and oxygen atoms in total. The van der Waals surface area contributed by atoms with Gasteiger partial charge in [-0.1, -0.05) is 6.07 Å². The van der Waals surface area contributed by atoms with Crippen LogP contribution in [0.25, 0.3) is 0 Å². The average Bonchev–Trinajstić information content (AvgIpc) is 2.54. The van der Waals surface area contributed by atoms with Crippen molar-refractivity contribution in [3.8, 4) is 5.75 Å². The van der Waals surface area contributed by atoms with Gasteiger partial charge in [-0.15, -0.1) is 0 Å². The number of benzene rings is 2. The molecule has 1 amide bonds. The van der Waals surface area contributed by atoms with Crippen molar-refractivity contribution in [3.63, 3.8) is 0 Å². The van der Waals surface area contributed by atoms with Gasteiger partial charge in [0.15, 0.2) is 0 Å². The molecule has 0 heterocycles. The zero-order valence-corrected chi connectivity index (χ0v) is 17.0. The molecule has 0 saturated heterocycles. The number of amides is 1. The lowest BCUT2D eigenvalue weighted by atomic mass is 10.1. The molecule has 0 aliphatic rings. The predicted octanol–water partition coefficient (Wildman–Crippen LogP) is 3.50. The molecule has 0 bridgehead atoms. The van der Waals surface area contributed by atoms with E-state index in [-0.39, 0.29) is 18.9 Å². The van der Waals surface area contributed by atoms with Gasteiger partial charge in [-0.05, 0) is 68.3 Å². The topological polar surface area (TPSA) is 75.7 Å². The predicted molar refractivity (Wildman–Crippen MR) is 109 cm³/mol. The maximum Gasteiger partial charge on any atom is 0.232 e. The Morgan fingerprint density at radius 2 is 1.67 bits per heavy atom. The molecule has 0 radical (unpaired) electrons. The highest BCUT2D eigenvalue weighted by Gasteiger charge is 2.19. The van der Waals surface area contributed by atoms with Crippen LogP contribution in [0.4, 0.5) is 11.4 Å². The van der Waals surface area contributed by atoms with Crippen LogP contribution in [-0.4, -0.2) is 33.7 Å². The Kier molecular flexibility index (Phi) is 6.85. The van der Waals surface area contributed by atoms with Gasteiger partial charge in [0.05, 0.1) is 18.6 Å². The summed E-state index contributed by atoms with van der Waals surface area (Å²) in [6.45, 7) is 6.39. The van der Waals surface area contributed by atoms with E-state index in [4.69, 9.17) is 4.74 Å². The maximum absolute atomic E-state index is 12.3. The molecule has 2 aromatic carbocycles. The van der Waals surface area contributed by atoms with Gasteiger partial charge in [0.1, 0.15) is 5.75 Å². The standard InChI is InChI=1S/C20H26N2O4S/c1-5-26-19-8-6-18(7-9-19)22(27(4,24)25)11-10-20(23)21-17-13-15(2)12-16(3)14-17/h6-9,12-14H,5,10-11H2,1-4H3,(H,21,23). The summed E-state index contributed by atoms with van der Waals surface area (Å²) in [5.41, 5.74) is 3.32. The van der Waals surface area contributed by atoms with Crippen molar-refractivity contribution in [2.24, 2.45) is 0 Å². The number of hydrogen-bond donors (Lipinski definition) is 1. The molecule has 146 valence electrons. The van der Waals surface area contributed by atoms with Crippen molar-refractivity contribution >= 4 is 27.3 Å². The summed E-state index contributed by atoms with van der Waals surface area (Å²) in [7, 11) is -3.51. The summed E-state index contributed by atoms with van der Waals surface area (Å²) in [4.78, 5) is 12.3. The molecule has 0 aromatic heterocycles. The number of sulfonamides is 1. The highest BCUT2D eigenvalue weighted by Crippen LogP contribution is 2.22. The van der Waals surface area contributed by atoms with Crippen molar-refractivity contribution < 1.29 is 17.9 Å². The summed E-state index contributed by atoms with van der Waals surface area (Å²) in [6, 6.07) is 12.6. The maximum atomic E-state index is 12.3. The van der Waals surface area contributed by atoms with Crippen LogP contribution in [0.2, 0.25) is 0 Å². The van der Waals surface area contributed by atoms with Gasteiger partial charge >= 0.3 is 0 Å². The Hall–Kier alpha value is -2.54. The van der Waals surface area contributed by atoms with Crippen LogP contribution >= 0.6 is 0 Å². The zero-order valence-electron chi connectivity index (χ0n) is 16.2. The Morgan fingerprint density at radius 1 is 1.07 bits per heavy atom. The van der Waals surface area contributed by atoms with E-state index >= 15 is 0 Å². The van der Waals surface area contributed by atoms with Crippen molar-refractivity contribution in [1.82, 2.24) is 0 Å². The SMILES string of the molecule is CCOc1ccc(N(CCC(=O)Nc2cc(C)cc(C)c2)S(C)(=O)=O)cc1.